The second-order valence-electron chi connectivity index (χ2n) is 4.71. The molecule has 0 saturated heterocycles. The summed E-state index contributed by atoms with van der Waals surface area (Å²) in [6.45, 7) is 5.72. The molecule has 0 saturated carbocycles. The van der Waals surface area contributed by atoms with E-state index in [1.54, 1.807) is 20.8 Å². The van der Waals surface area contributed by atoms with Crippen molar-refractivity contribution in [2.75, 3.05) is 6.54 Å². The maximum atomic E-state index is 11.7. The third-order valence-corrected chi connectivity index (χ3v) is 3.08. The summed E-state index contributed by atoms with van der Waals surface area (Å²) in [6, 6.07) is 0. The predicted molar refractivity (Wildman–Crippen MR) is 68.7 cm³/mol. The smallest absolute Gasteiger partial charge is 0.306 e. The van der Waals surface area contributed by atoms with Crippen molar-refractivity contribution in [2.45, 2.75) is 40.0 Å². The SMILES string of the molecule is Cc1noc(C)c1CC(=O)NCCCC(C)C(=O)O. The molecule has 0 aliphatic heterocycles. The largest absolute Gasteiger partial charge is 0.481 e. The molecule has 0 bridgehead atoms. The zero-order valence-electron chi connectivity index (χ0n) is 11.5. The van der Waals surface area contributed by atoms with Crippen LogP contribution in [-0.4, -0.2) is 28.7 Å². The zero-order chi connectivity index (χ0) is 14.4. The standard InChI is InChI=1S/C13H20N2O4/c1-8(13(17)18)5-4-6-14-12(16)7-11-9(2)15-19-10(11)3/h8H,4-7H2,1-3H3,(H,14,16)(H,17,18). The highest BCUT2D eigenvalue weighted by Crippen LogP contribution is 2.12. The first-order valence-electron chi connectivity index (χ1n) is 6.33. The number of aliphatic carboxylic acids is 1. The third kappa shape index (κ3) is 4.73. The number of aromatic nitrogens is 1. The van der Waals surface area contributed by atoms with E-state index in [9.17, 15) is 9.59 Å². The summed E-state index contributed by atoms with van der Waals surface area (Å²) in [5.74, 6) is -0.619. The van der Waals surface area contributed by atoms with Gasteiger partial charge in [0.2, 0.25) is 5.91 Å². The monoisotopic (exact) mass is 268 g/mol. The summed E-state index contributed by atoms with van der Waals surface area (Å²) in [5, 5.41) is 15.3. The summed E-state index contributed by atoms with van der Waals surface area (Å²) in [5.41, 5.74) is 1.54. The van der Waals surface area contributed by atoms with E-state index in [0.29, 0.717) is 25.1 Å². The maximum absolute atomic E-state index is 11.7. The lowest BCUT2D eigenvalue weighted by molar-refractivity contribution is -0.141. The topological polar surface area (TPSA) is 92.4 Å². The average molecular weight is 268 g/mol. The van der Waals surface area contributed by atoms with Crippen LogP contribution < -0.4 is 5.32 Å². The molecule has 0 aliphatic rings. The van der Waals surface area contributed by atoms with Crippen molar-refractivity contribution in [3.8, 4) is 0 Å². The molecule has 2 N–H and O–H groups in total. The van der Waals surface area contributed by atoms with Gasteiger partial charge in [0.25, 0.3) is 0 Å². The summed E-state index contributed by atoms with van der Waals surface area (Å²) >= 11 is 0. The van der Waals surface area contributed by atoms with E-state index in [4.69, 9.17) is 9.63 Å². The molecule has 1 unspecified atom stereocenters. The van der Waals surface area contributed by atoms with Crippen molar-refractivity contribution in [3.63, 3.8) is 0 Å². The Morgan fingerprint density at radius 1 is 1.42 bits per heavy atom. The van der Waals surface area contributed by atoms with E-state index in [0.717, 1.165) is 11.3 Å². The van der Waals surface area contributed by atoms with Crippen LogP contribution in [0.3, 0.4) is 0 Å². The van der Waals surface area contributed by atoms with Crippen molar-refractivity contribution in [3.05, 3.63) is 17.0 Å². The van der Waals surface area contributed by atoms with E-state index in [1.165, 1.54) is 0 Å². The van der Waals surface area contributed by atoms with Crippen molar-refractivity contribution < 1.29 is 19.2 Å². The minimum atomic E-state index is -0.804. The quantitative estimate of drug-likeness (QED) is 0.730. The van der Waals surface area contributed by atoms with Crippen molar-refractivity contribution in [1.82, 2.24) is 10.5 Å². The van der Waals surface area contributed by atoms with Crippen LogP contribution >= 0.6 is 0 Å². The van der Waals surface area contributed by atoms with Gasteiger partial charge in [0, 0.05) is 12.1 Å². The molecule has 6 heteroatoms. The molecule has 1 aromatic rings. The average Bonchev–Trinajstić information content (AvgIpc) is 2.66. The van der Waals surface area contributed by atoms with Crippen LogP contribution in [0.25, 0.3) is 0 Å². The van der Waals surface area contributed by atoms with Gasteiger partial charge in [0.1, 0.15) is 5.76 Å². The Bertz CT molecular complexity index is 434. The molecule has 1 amide bonds. The third-order valence-electron chi connectivity index (χ3n) is 3.08. The molecule has 0 spiro atoms. The first-order chi connectivity index (χ1) is 8.91. The van der Waals surface area contributed by atoms with Crippen molar-refractivity contribution in [1.29, 1.82) is 0 Å². The molecule has 1 heterocycles. The highest BCUT2D eigenvalue weighted by atomic mass is 16.5. The number of carboxylic acids is 1. The predicted octanol–water partition coefficient (Wildman–Crippen LogP) is 1.45. The summed E-state index contributed by atoms with van der Waals surface area (Å²) < 4.78 is 4.98. The van der Waals surface area contributed by atoms with Crippen LogP contribution in [0, 0.1) is 19.8 Å². The number of rotatable bonds is 7. The minimum absolute atomic E-state index is 0.0996. The van der Waals surface area contributed by atoms with Crippen LogP contribution in [0.15, 0.2) is 4.52 Å². The molecule has 0 aromatic carbocycles. The van der Waals surface area contributed by atoms with Gasteiger partial charge in [-0.15, -0.1) is 0 Å². The van der Waals surface area contributed by atoms with Crippen LogP contribution in [0.5, 0.6) is 0 Å². The Kier molecular flexibility index (Phi) is 5.54. The fraction of sp³-hybridized carbons (Fsp3) is 0.615. The molecule has 0 radical (unpaired) electrons. The van der Waals surface area contributed by atoms with Gasteiger partial charge >= 0.3 is 5.97 Å². The van der Waals surface area contributed by atoms with Gasteiger partial charge in [-0.2, -0.15) is 0 Å². The molecular weight excluding hydrogens is 248 g/mol. The molecular formula is C13H20N2O4. The molecule has 0 aliphatic carbocycles. The number of hydrogen-bond acceptors (Lipinski definition) is 4. The molecule has 1 atom stereocenters. The number of nitrogens with one attached hydrogen (secondary N) is 1. The maximum Gasteiger partial charge on any atom is 0.306 e. The Morgan fingerprint density at radius 3 is 2.63 bits per heavy atom. The second kappa shape index (κ2) is 6.92. The van der Waals surface area contributed by atoms with Gasteiger partial charge in [0.05, 0.1) is 18.0 Å². The number of carboxylic acid groups (broad SMARTS) is 1. The van der Waals surface area contributed by atoms with Crippen LogP contribution in [-0.2, 0) is 16.0 Å². The number of hydrogen-bond donors (Lipinski definition) is 2. The second-order valence-corrected chi connectivity index (χ2v) is 4.71. The highest BCUT2D eigenvalue weighted by molar-refractivity contribution is 5.78. The lowest BCUT2D eigenvalue weighted by Crippen LogP contribution is -2.27. The lowest BCUT2D eigenvalue weighted by atomic mass is 10.1. The van der Waals surface area contributed by atoms with Crippen LogP contribution in [0.1, 0.15) is 36.8 Å². The fourth-order valence-corrected chi connectivity index (χ4v) is 1.74. The van der Waals surface area contributed by atoms with Crippen molar-refractivity contribution in [2.24, 2.45) is 5.92 Å². The van der Waals surface area contributed by atoms with Gasteiger partial charge in [-0.25, -0.2) is 0 Å². The first-order valence-corrected chi connectivity index (χ1v) is 6.33. The van der Waals surface area contributed by atoms with Gasteiger partial charge in [-0.05, 0) is 26.7 Å². The summed E-state index contributed by atoms with van der Waals surface area (Å²) in [7, 11) is 0. The number of carbonyl (C=O) groups excluding carboxylic acids is 1. The Balaban J connectivity index is 2.27. The fourth-order valence-electron chi connectivity index (χ4n) is 1.74. The zero-order valence-corrected chi connectivity index (χ0v) is 11.5. The number of nitrogens with zero attached hydrogens (tertiary/aromatic N) is 1. The number of aryl methyl sites for hydroxylation is 2. The van der Waals surface area contributed by atoms with E-state index in [2.05, 4.69) is 10.5 Å². The molecule has 6 nitrogen and oxygen atoms in total. The number of carbonyl (C=O) groups is 2. The molecule has 106 valence electrons. The Hall–Kier alpha value is -1.85. The highest BCUT2D eigenvalue weighted by Gasteiger charge is 2.13. The molecule has 1 rings (SSSR count). The van der Waals surface area contributed by atoms with Gasteiger partial charge in [0.15, 0.2) is 0 Å². The van der Waals surface area contributed by atoms with Gasteiger partial charge in [-0.1, -0.05) is 12.1 Å². The molecule has 19 heavy (non-hydrogen) atoms. The Morgan fingerprint density at radius 2 is 2.11 bits per heavy atom. The summed E-state index contributed by atoms with van der Waals surface area (Å²) in [4.78, 5) is 22.3. The minimum Gasteiger partial charge on any atom is -0.481 e. The van der Waals surface area contributed by atoms with Crippen molar-refractivity contribution >= 4 is 11.9 Å². The molecule has 0 fully saturated rings. The van der Waals surface area contributed by atoms with Crippen LogP contribution in [0.2, 0.25) is 0 Å². The van der Waals surface area contributed by atoms with Crippen LogP contribution in [0.4, 0.5) is 0 Å². The van der Waals surface area contributed by atoms with Gasteiger partial charge in [-0.3, -0.25) is 9.59 Å². The van der Waals surface area contributed by atoms with E-state index < -0.39 is 5.97 Å². The van der Waals surface area contributed by atoms with E-state index in [1.807, 2.05) is 0 Å². The summed E-state index contributed by atoms with van der Waals surface area (Å²) in [6.07, 6.45) is 1.46. The normalized spacial score (nSPS) is 12.2. The van der Waals surface area contributed by atoms with E-state index in [-0.39, 0.29) is 18.2 Å². The number of amides is 1. The van der Waals surface area contributed by atoms with E-state index >= 15 is 0 Å². The first kappa shape index (κ1) is 15.2. The molecule has 1 aromatic heterocycles. The van der Waals surface area contributed by atoms with Gasteiger partial charge < -0.3 is 14.9 Å². The Labute approximate surface area is 112 Å². The lowest BCUT2D eigenvalue weighted by Gasteiger charge is -2.07.